The zero-order valence-corrected chi connectivity index (χ0v) is 13.5. The molecule has 0 atom stereocenters. The van der Waals surface area contributed by atoms with E-state index in [1.165, 1.54) is 25.3 Å². The van der Waals surface area contributed by atoms with Gasteiger partial charge in [-0.1, -0.05) is 50.6 Å². The molecule has 1 aromatic carbocycles. The minimum Gasteiger partial charge on any atom is -0.294 e. The molecule has 0 saturated carbocycles. The maximum absolute atomic E-state index is 13.8. The van der Waals surface area contributed by atoms with Gasteiger partial charge in [0.2, 0.25) is 0 Å². The van der Waals surface area contributed by atoms with Crippen LogP contribution in [-0.4, -0.2) is 5.78 Å². The first-order valence-corrected chi connectivity index (χ1v) is 7.91. The average Bonchev–Trinajstić information content (AvgIpc) is 2.40. The van der Waals surface area contributed by atoms with E-state index in [9.17, 15) is 9.18 Å². The van der Waals surface area contributed by atoms with Crippen LogP contribution in [0.15, 0.2) is 16.6 Å². The summed E-state index contributed by atoms with van der Waals surface area (Å²) >= 11 is 8.91. The van der Waals surface area contributed by atoms with Crippen molar-refractivity contribution in [3.05, 3.63) is 33.0 Å². The molecule has 0 aromatic heterocycles. The highest BCUT2D eigenvalue weighted by Gasteiger charge is 2.15. The van der Waals surface area contributed by atoms with Gasteiger partial charge < -0.3 is 0 Å². The minimum absolute atomic E-state index is 0.0196. The Morgan fingerprint density at radius 3 is 2.53 bits per heavy atom. The van der Waals surface area contributed by atoms with E-state index < -0.39 is 5.82 Å². The molecule has 0 aliphatic carbocycles. The molecule has 1 aromatic rings. The summed E-state index contributed by atoms with van der Waals surface area (Å²) in [6.07, 6.45) is 7.04. The van der Waals surface area contributed by atoms with E-state index in [0.29, 0.717) is 10.9 Å². The minimum atomic E-state index is -0.618. The fraction of sp³-hybridized carbons (Fsp3) is 0.533. The van der Waals surface area contributed by atoms with Gasteiger partial charge in [0.05, 0.1) is 10.6 Å². The largest absolute Gasteiger partial charge is 0.294 e. The van der Waals surface area contributed by atoms with Crippen LogP contribution < -0.4 is 0 Å². The van der Waals surface area contributed by atoms with Crippen molar-refractivity contribution in [1.29, 1.82) is 0 Å². The maximum Gasteiger partial charge on any atom is 0.165 e. The van der Waals surface area contributed by atoms with Gasteiger partial charge in [-0.15, -0.1) is 0 Å². The lowest BCUT2D eigenvalue weighted by Gasteiger charge is -2.05. The molecule has 0 aliphatic rings. The van der Waals surface area contributed by atoms with Crippen LogP contribution in [-0.2, 0) is 0 Å². The van der Waals surface area contributed by atoms with E-state index in [-0.39, 0.29) is 16.4 Å². The molecule has 0 saturated heterocycles. The number of hydrogen-bond donors (Lipinski definition) is 0. The first-order chi connectivity index (χ1) is 9.07. The van der Waals surface area contributed by atoms with Crippen LogP contribution in [0.3, 0.4) is 0 Å². The molecule has 0 amide bonds. The molecule has 4 heteroatoms. The Balaban J connectivity index is 2.44. The highest BCUT2D eigenvalue weighted by Crippen LogP contribution is 2.28. The second-order valence-corrected chi connectivity index (χ2v) is 5.90. The topological polar surface area (TPSA) is 17.1 Å². The first-order valence-electron chi connectivity index (χ1n) is 6.74. The molecule has 1 nitrogen and oxygen atoms in total. The summed E-state index contributed by atoms with van der Waals surface area (Å²) in [5.41, 5.74) is 0.0989. The SMILES string of the molecule is CCCCCCCCC(=O)c1ccc(Br)c(Cl)c1F. The second kappa shape index (κ2) is 8.70. The molecule has 0 bridgehead atoms. The number of hydrogen-bond acceptors (Lipinski definition) is 1. The normalized spacial score (nSPS) is 10.7. The van der Waals surface area contributed by atoms with Crippen molar-refractivity contribution >= 4 is 33.3 Å². The summed E-state index contributed by atoms with van der Waals surface area (Å²) < 4.78 is 14.3. The number of Topliss-reactive ketones (excluding diaryl/α,β-unsaturated/α-hetero) is 1. The molecule has 0 unspecified atom stereocenters. The number of unbranched alkanes of at least 4 members (excludes halogenated alkanes) is 5. The van der Waals surface area contributed by atoms with E-state index in [2.05, 4.69) is 22.9 Å². The highest BCUT2D eigenvalue weighted by molar-refractivity contribution is 9.10. The summed E-state index contributed by atoms with van der Waals surface area (Å²) in [6.45, 7) is 2.17. The maximum atomic E-state index is 13.8. The van der Waals surface area contributed by atoms with E-state index in [0.717, 1.165) is 19.3 Å². The number of ketones is 1. The molecule has 0 fully saturated rings. The van der Waals surface area contributed by atoms with Crippen molar-refractivity contribution in [2.75, 3.05) is 0 Å². The number of rotatable bonds is 8. The quantitative estimate of drug-likeness (QED) is 0.311. The third-order valence-electron chi connectivity index (χ3n) is 3.09. The zero-order valence-electron chi connectivity index (χ0n) is 11.1. The van der Waals surface area contributed by atoms with Crippen LogP contribution in [0.5, 0.6) is 0 Å². The van der Waals surface area contributed by atoms with Gasteiger partial charge in [0.25, 0.3) is 0 Å². The molecule has 0 spiro atoms. The van der Waals surface area contributed by atoms with E-state index in [1.807, 2.05) is 0 Å². The van der Waals surface area contributed by atoms with Gasteiger partial charge in [0.15, 0.2) is 11.6 Å². The predicted molar refractivity (Wildman–Crippen MR) is 81.4 cm³/mol. The lowest BCUT2D eigenvalue weighted by atomic mass is 10.0. The van der Waals surface area contributed by atoms with Crippen molar-refractivity contribution in [3.63, 3.8) is 0 Å². The lowest BCUT2D eigenvalue weighted by Crippen LogP contribution is -2.03. The Hall–Kier alpha value is -0.410. The molecule has 0 aliphatic heterocycles. The van der Waals surface area contributed by atoms with Crippen molar-refractivity contribution in [1.82, 2.24) is 0 Å². The molecular formula is C15H19BrClFO. The van der Waals surface area contributed by atoms with E-state index in [1.54, 1.807) is 6.07 Å². The third kappa shape index (κ3) is 5.23. The molecule has 0 N–H and O–H groups in total. The van der Waals surface area contributed by atoms with Gasteiger partial charge in [-0.2, -0.15) is 0 Å². The van der Waals surface area contributed by atoms with Crippen molar-refractivity contribution in [2.24, 2.45) is 0 Å². The van der Waals surface area contributed by atoms with Gasteiger partial charge >= 0.3 is 0 Å². The molecule has 1 rings (SSSR count). The third-order valence-corrected chi connectivity index (χ3v) is 4.35. The van der Waals surface area contributed by atoms with Crippen molar-refractivity contribution < 1.29 is 9.18 Å². The summed E-state index contributed by atoms with van der Waals surface area (Å²) in [5.74, 6) is -0.783. The number of halogens is 3. The van der Waals surface area contributed by atoms with Crippen LogP contribution in [0.2, 0.25) is 5.02 Å². The standard InChI is InChI=1S/C15H19BrClFO/c1-2-3-4-5-6-7-8-13(19)11-9-10-12(16)14(17)15(11)18/h9-10H,2-8H2,1H3. The molecule has 0 radical (unpaired) electrons. The van der Waals surface area contributed by atoms with E-state index in [4.69, 9.17) is 11.6 Å². The summed E-state index contributed by atoms with van der Waals surface area (Å²) in [7, 11) is 0. The predicted octanol–water partition coefficient (Wildman–Crippen LogP) is 6.17. The van der Waals surface area contributed by atoms with Crippen LogP contribution in [0.4, 0.5) is 4.39 Å². The number of carbonyl (C=O) groups excluding carboxylic acids is 1. The molecule has 106 valence electrons. The Bertz CT molecular complexity index is 434. The summed E-state index contributed by atoms with van der Waals surface area (Å²) in [6, 6.07) is 3.10. The molecule has 19 heavy (non-hydrogen) atoms. The van der Waals surface area contributed by atoms with Crippen LogP contribution in [0.1, 0.15) is 62.2 Å². The molecular weight excluding hydrogens is 331 g/mol. The number of carbonyl (C=O) groups is 1. The van der Waals surface area contributed by atoms with Gasteiger partial charge in [0.1, 0.15) is 0 Å². The van der Waals surface area contributed by atoms with Gasteiger partial charge in [-0.05, 0) is 34.5 Å². The fourth-order valence-corrected chi connectivity index (χ4v) is 2.41. The van der Waals surface area contributed by atoms with E-state index >= 15 is 0 Å². The fourth-order valence-electron chi connectivity index (χ4n) is 1.94. The first kappa shape index (κ1) is 16.6. The lowest BCUT2D eigenvalue weighted by molar-refractivity contribution is 0.0975. The summed E-state index contributed by atoms with van der Waals surface area (Å²) in [4.78, 5) is 11.9. The number of benzene rings is 1. The molecule has 0 heterocycles. The van der Waals surface area contributed by atoms with Gasteiger partial charge in [-0.3, -0.25) is 4.79 Å². The Kier molecular flexibility index (Phi) is 7.62. The van der Waals surface area contributed by atoms with Crippen LogP contribution >= 0.6 is 27.5 Å². The Morgan fingerprint density at radius 1 is 1.21 bits per heavy atom. The van der Waals surface area contributed by atoms with Crippen LogP contribution in [0.25, 0.3) is 0 Å². The second-order valence-electron chi connectivity index (χ2n) is 4.66. The Labute approximate surface area is 127 Å². The van der Waals surface area contributed by atoms with Gasteiger partial charge in [-0.25, -0.2) is 4.39 Å². The highest BCUT2D eigenvalue weighted by atomic mass is 79.9. The smallest absolute Gasteiger partial charge is 0.165 e. The Morgan fingerprint density at radius 2 is 1.84 bits per heavy atom. The van der Waals surface area contributed by atoms with Crippen molar-refractivity contribution in [3.8, 4) is 0 Å². The van der Waals surface area contributed by atoms with Gasteiger partial charge in [0, 0.05) is 10.9 Å². The average molecular weight is 350 g/mol. The van der Waals surface area contributed by atoms with Crippen molar-refractivity contribution in [2.45, 2.75) is 51.9 Å². The zero-order chi connectivity index (χ0) is 14.3. The van der Waals surface area contributed by atoms with Crippen LogP contribution in [0, 0.1) is 5.82 Å². The monoisotopic (exact) mass is 348 g/mol. The summed E-state index contributed by atoms with van der Waals surface area (Å²) in [5, 5.41) is -0.0196.